The topological polar surface area (TPSA) is 67.4 Å². The van der Waals surface area contributed by atoms with Gasteiger partial charge in [0.05, 0.1) is 13.7 Å². The van der Waals surface area contributed by atoms with E-state index in [0.717, 1.165) is 12.8 Å². The smallest absolute Gasteiger partial charge is 0.244 e. The van der Waals surface area contributed by atoms with E-state index in [-0.39, 0.29) is 24.2 Å². The number of carbonyl (C=O) groups is 2. The zero-order valence-corrected chi connectivity index (χ0v) is 11.7. The Bertz CT molecular complexity index is 568. The Morgan fingerprint density at radius 3 is 2.81 bits per heavy atom. The molecule has 0 unspecified atom stereocenters. The first kappa shape index (κ1) is 15.0. The molecule has 2 rings (SSSR count). The van der Waals surface area contributed by atoms with Crippen molar-refractivity contribution in [3.8, 4) is 5.75 Å². The highest BCUT2D eigenvalue weighted by Crippen LogP contribution is 2.18. The molecule has 1 aliphatic rings. The third kappa shape index (κ3) is 4.91. The van der Waals surface area contributed by atoms with Crippen LogP contribution in [0.5, 0.6) is 5.75 Å². The minimum atomic E-state index is -0.496. The SMILES string of the molecule is COc1ccc(/C=C/C(=O)NCC(=O)NC2CC2)cc1F. The van der Waals surface area contributed by atoms with Crippen molar-refractivity contribution in [2.45, 2.75) is 18.9 Å². The molecule has 0 radical (unpaired) electrons. The first-order valence-electron chi connectivity index (χ1n) is 6.67. The van der Waals surface area contributed by atoms with Crippen LogP contribution in [0.1, 0.15) is 18.4 Å². The van der Waals surface area contributed by atoms with E-state index < -0.39 is 11.7 Å². The summed E-state index contributed by atoms with van der Waals surface area (Å²) < 4.78 is 18.2. The summed E-state index contributed by atoms with van der Waals surface area (Å²) in [4.78, 5) is 22.9. The minimum Gasteiger partial charge on any atom is -0.494 e. The van der Waals surface area contributed by atoms with E-state index in [1.54, 1.807) is 6.07 Å². The molecule has 0 atom stereocenters. The number of rotatable bonds is 6. The summed E-state index contributed by atoms with van der Waals surface area (Å²) in [7, 11) is 1.38. The van der Waals surface area contributed by atoms with Crippen molar-refractivity contribution in [3.63, 3.8) is 0 Å². The first-order valence-corrected chi connectivity index (χ1v) is 6.67. The molecule has 0 saturated heterocycles. The number of methoxy groups -OCH3 is 1. The van der Waals surface area contributed by atoms with Crippen LogP contribution >= 0.6 is 0 Å². The van der Waals surface area contributed by atoms with Gasteiger partial charge in [-0.2, -0.15) is 0 Å². The van der Waals surface area contributed by atoms with E-state index in [4.69, 9.17) is 4.74 Å². The van der Waals surface area contributed by atoms with Crippen molar-refractivity contribution in [3.05, 3.63) is 35.7 Å². The molecule has 0 heterocycles. The average molecular weight is 292 g/mol. The third-order valence-corrected chi connectivity index (χ3v) is 2.97. The van der Waals surface area contributed by atoms with Gasteiger partial charge in [-0.05, 0) is 36.6 Å². The number of ether oxygens (including phenoxy) is 1. The summed E-state index contributed by atoms with van der Waals surface area (Å²) in [6.45, 7) is -0.0589. The molecule has 2 N–H and O–H groups in total. The lowest BCUT2D eigenvalue weighted by Gasteiger charge is -2.04. The van der Waals surface area contributed by atoms with Crippen LogP contribution < -0.4 is 15.4 Å². The Morgan fingerprint density at radius 1 is 1.43 bits per heavy atom. The molecule has 1 saturated carbocycles. The lowest BCUT2D eigenvalue weighted by atomic mass is 10.2. The van der Waals surface area contributed by atoms with Gasteiger partial charge < -0.3 is 15.4 Å². The van der Waals surface area contributed by atoms with Crippen molar-refractivity contribution in [1.82, 2.24) is 10.6 Å². The van der Waals surface area contributed by atoms with E-state index in [1.165, 1.54) is 31.4 Å². The molecule has 6 heteroatoms. The summed E-state index contributed by atoms with van der Waals surface area (Å²) in [5.41, 5.74) is 0.533. The number of hydrogen-bond acceptors (Lipinski definition) is 3. The van der Waals surface area contributed by atoms with Gasteiger partial charge in [0.15, 0.2) is 11.6 Å². The molecular weight excluding hydrogens is 275 g/mol. The van der Waals surface area contributed by atoms with Gasteiger partial charge in [-0.3, -0.25) is 9.59 Å². The highest BCUT2D eigenvalue weighted by molar-refractivity contribution is 5.94. The van der Waals surface area contributed by atoms with Crippen LogP contribution in [0.2, 0.25) is 0 Å². The van der Waals surface area contributed by atoms with Crippen LogP contribution in [-0.4, -0.2) is 31.5 Å². The molecule has 5 nitrogen and oxygen atoms in total. The van der Waals surface area contributed by atoms with Gasteiger partial charge >= 0.3 is 0 Å². The summed E-state index contributed by atoms with van der Waals surface area (Å²) in [6, 6.07) is 4.65. The monoisotopic (exact) mass is 292 g/mol. The molecule has 1 fully saturated rings. The van der Waals surface area contributed by atoms with Gasteiger partial charge in [-0.15, -0.1) is 0 Å². The van der Waals surface area contributed by atoms with E-state index in [0.29, 0.717) is 5.56 Å². The Kier molecular flexibility index (Phi) is 4.92. The highest BCUT2D eigenvalue weighted by atomic mass is 19.1. The highest BCUT2D eigenvalue weighted by Gasteiger charge is 2.22. The predicted molar refractivity (Wildman–Crippen MR) is 76.2 cm³/mol. The standard InChI is InChI=1S/C15H17FN2O3/c1-21-13-6-2-10(8-12(13)16)3-7-14(19)17-9-15(20)18-11-4-5-11/h2-3,6-8,11H,4-5,9H2,1H3,(H,17,19)(H,18,20)/b7-3+. The number of benzene rings is 1. The molecule has 1 aromatic carbocycles. The fraction of sp³-hybridized carbons (Fsp3) is 0.333. The number of carbonyl (C=O) groups excluding carboxylic acids is 2. The summed E-state index contributed by atoms with van der Waals surface area (Å²) in [5.74, 6) is -0.955. The van der Waals surface area contributed by atoms with Crippen molar-refractivity contribution in [1.29, 1.82) is 0 Å². The van der Waals surface area contributed by atoms with Crippen molar-refractivity contribution >= 4 is 17.9 Å². The summed E-state index contributed by atoms with van der Waals surface area (Å²) >= 11 is 0. The van der Waals surface area contributed by atoms with Gasteiger partial charge in [0.1, 0.15) is 0 Å². The lowest BCUT2D eigenvalue weighted by molar-refractivity contribution is -0.124. The molecule has 0 aliphatic heterocycles. The Labute approximate surface area is 122 Å². The number of amides is 2. The molecule has 0 aromatic heterocycles. The fourth-order valence-corrected chi connectivity index (χ4v) is 1.69. The predicted octanol–water partition coefficient (Wildman–Crippen LogP) is 1.24. The zero-order valence-electron chi connectivity index (χ0n) is 11.7. The van der Waals surface area contributed by atoms with Crippen LogP contribution in [0.3, 0.4) is 0 Å². The molecule has 1 aromatic rings. The quantitative estimate of drug-likeness (QED) is 0.775. The molecule has 1 aliphatic carbocycles. The van der Waals surface area contributed by atoms with Crippen LogP contribution in [0.15, 0.2) is 24.3 Å². The van der Waals surface area contributed by atoms with Crippen molar-refractivity contribution < 1.29 is 18.7 Å². The maximum atomic E-state index is 13.4. The van der Waals surface area contributed by atoms with Gasteiger partial charge in [-0.25, -0.2) is 4.39 Å². The largest absolute Gasteiger partial charge is 0.494 e. The average Bonchev–Trinajstić information content (AvgIpc) is 3.27. The molecule has 2 amide bonds. The Morgan fingerprint density at radius 2 is 2.19 bits per heavy atom. The van der Waals surface area contributed by atoms with Crippen molar-refractivity contribution in [2.24, 2.45) is 0 Å². The zero-order chi connectivity index (χ0) is 15.2. The van der Waals surface area contributed by atoms with E-state index in [2.05, 4.69) is 10.6 Å². The maximum Gasteiger partial charge on any atom is 0.244 e. The van der Waals surface area contributed by atoms with Crippen LogP contribution in [-0.2, 0) is 9.59 Å². The van der Waals surface area contributed by atoms with E-state index >= 15 is 0 Å². The second-order valence-electron chi connectivity index (χ2n) is 4.79. The molecular formula is C15H17FN2O3. The molecule has 0 spiro atoms. The molecule has 0 bridgehead atoms. The van der Waals surface area contributed by atoms with Crippen LogP contribution in [0.4, 0.5) is 4.39 Å². The van der Waals surface area contributed by atoms with Crippen LogP contribution in [0, 0.1) is 5.82 Å². The number of hydrogen-bond donors (Lipinski definition) is 2. The van der Waals surface area contributed by atoms with Crippen molar-refractivity contribution in [2.75, 3.05) is 13.7 Å². The van der Waals surface area contributed by atoms with Gasteiger partial charge in [-0.1, -0.05) is 6.07 Å². The summed E-state index contributed by atoms with van der Waals surface area (Å²) in [5, 5.41) is 5.23. The number of halogens is 1. The summed E-state index contributed by atoms with van der Waals surface area (Å²) in [6.07, 6.45) is 4.73. The molecule has 21 heavy (non-hydrogen) atoms. The normalized spacial score (nSPS) is 14.0. The Balaban J connectivity index is 1.80. The van der Waals surface area contributed by atoms with E-state index in [9.17, 15) is 14.0 Å². The molecule has 112 valence electrons. The minimum absolute atomic E-state index is 0.0589. The first-order chi connectivity index (χ1) is 10.1. The number of nitrogens with one attached hydrogen (secondary N) is 2. The second-order valence-corrected chi connectivity index (χ2v) is 4.79. The second kappa shape index (κ2) is 6.88. The maximum absolute atomic E-state index is 13.4. The van der Waals surface area contributed by atoms with Gasteiger partial charge in [0.2, 0.25) is 11.8 Å². The van der Waals surface area contributed by atoms with Gasteiger partial charge in [0, 0.05) is 12.1 Å². The Hall–Kier alpha value is -2.37. The fourth-order valence-electron chi connectivity index (χ4n) is 1.69. The van der Waals surface area contributed by atoms with Gasteiger partial charge in [0.25, 0.3) is 0 Å². The van der Waals surface area contributed by atoms with E-state index in [1.807, 2.05) is 0 Å². The lowest BCUT2D eigenvalue weighted by Crippen LogP contribution is -2.37. The third-order valence-electron chi connectivity index (χ3n) is 2.97. The van der Waals surface area contributed by atoms with Crippen LogP contribution in [0.25, 0.3) is 6.08 Å².